The van der Waals surface area contributed by atoms with Gasteiger partial charge in [-0.3, -0.25) is 9.48 Å². The number of carbonyl (C=O) groups excluding carboxylic acids is 1. The van der Waals surface area contributed by atoms with Crippen molar-refractivity contribution < 1.29 is 23.2 Å². The van der Waals surface area contributed by atoms with E-state index in [1.807, 2.05) is 0 Å². The Balaban J connectivity index is 2.34. The lowest BCUT2D eigenvalue weighted by Crippen LogP contribution is -2.17. The van der Waals surface area contributed by atoms with Gasteiger partial charge in [0.2, 0.25) is 0 Å². The van der Waals surface area contributed by atoms with Gasteiger partial charge in [0.15, 0.2) is 0 Å². The number of amides is 1. The van der Waals surface area contributed by atoms with Crippen LogP contribution in [0.4, 0.5) is 18.9 Å². The van der Waals surface area contributed by atoms with E-state index < -0.39 is 18.6 Å². The Morgan fingerprint density at radius 2 is 2.24 bits per heavy atom. The highest BCUT2D eigenvalue weighted by Crippen LogP contribution is 2.28. The van der Waals surface area contributed by atoms with Crippen LogP contribution in [0.3, 0.4) is 0 Å². The van der Waals surface area contributed by atoms with Gasteiger partial charge in [-0.1, -0.05) is 5.16 Å². The number of nitrogens with one attached hydrogen (secondary N) is 1. The van der Waals surface area contributed by atoms with Gasteiger partial charge in [0.1, 0.15) is 18.3 Å². The Hall–Kier alpha value is -2.10. The van der Waals surface area contributed by atoms with Crippen molar-refractivity contribution in [1.29, 1.82) is 0 Å². The largest absolute Gasteiger partial charge is 0.411 e. The van der Waals surface area contributed by atoms with Gasteiger partial charge in [-0.15, -0.1) is 0 Å². The average Bonchev–Trinajstić information content (AvgIpc) is 2.69. The Kier molecular flexibility index (Phi) is 4.16. The molecule has 1 heterocycles. The van der Waals surface area contributed by atoms with Gasteiger partial charge in [0.05, 0.1) is 0 Å². The van der Waals surface area contributed by atoms with E-state index in [0.717, 1.165) is 4.68 Å². The number of benzene rings is 1. The summed E-state index contributed by atoms with van der Waals surface area (Å²) in [7, 11) is 0. The summed E-state index contributed by atoms with van der Waals surface area (Å²) in [6, 6.07) is 2.94. The Morgan fingerprint density at radius 1 is 1.52 bits per heavy atom. The minimum Gasteiger partial charge on any atom is -0.411 e. The molecular formula is C11H8BrF3N4O2. The van der Waals surface area contributed by atoms with E-state index in [0.29, 0.717) is 27.3 Å². The molecule has 0 bridgehead atoms. The first kappa shape index (κ1) is 15.3. The molecule has 112 valence electrons. The van der Waals surface area contributed by atoms with Crippen molar-refractivity contribution >= 4 is 44.6 Å². The molecule has 0 aliphatic carbocycles. The van der Waals surface area contributed by atoms with Crippen LogP contribution in [0.2, 0.25) is 0 Å². The molecular weight excluding hydrogens is 357 g/mol. The molecule has 1 aromatic carbocycles. The summed E-state index contributed by atoms with van der Waals surface area (Å²) in [5.41, 5.74) is 0.666. The first-order valence-corrected chi connectivity index (χ1v) is 6.29. The summed E-state index contributed by atoms with van der Waals surface area (Å²) in [5, 5.41) is 17.4. The number of oxime groups is 1. The normalized spacial score (nSPS) is 12.2. The fraction of sp³-hybridized carbons (Fsp3) is 0.182. The average molecular weight is 365 g/mol. The Labute approximate surface area is 124 Å². The molecule has 1 aromatic heterocycles. The topological polar surface area (TPSA) is 79.5 Å². The van der Waals surface area contributed by atoms with Crippen LogP contribution in [0.1, 0.15) is 0 Å². The molecule has 0 saturated carbocycles. The van der Waals surface area contributed by atoms with E-state index in [2.05, 4.69) is 31.5 Å². The number of fused-ring (bicyclic) bond motifs is 1. The monoisotopic (exact) mass is 364 g/mol. The van der Waals surface area contributed by atoms with Gasteiger partial charge in [-0.05, 0) is 28.1 Å². The van der Waals surface area contributed by atoms with Crippen molar-refractivity contribution in [2.75, 3.05) is 5.32 Å². The number of hydrogen-bond acceptors (Lipinski definition) is 4. The van der Waals surface area contributed by atoms with Crippen molar-refractivity contribution in [3.8, 4) is 0 Å². The van der Waals surface area contributed by atoms with E-state index in [1.165, 1.54) is 18.3 Å². The van der Waals surface area contributed by atoms with Crippen LogP contribution in [0.5, 0.6) is 0 Å². The second-order valence-electron chi connectivity index (χ2n) is 4.07. The third kappa shape index (κ3) is 3.94. The first-order valence-electron chi connectivity index (χ1n) is 5.50. The smallest absolute Gasteiger partial charge is 0.408 e. The van der Waals surface area contributed by atoms with Crippen LogP contribution in [-0.4, -0.2) is 33.3 Å². The highest BCUT2D eigenvalue weighted by Gasteiger charge is 2.28. The number of carbonyl (C=O) groups is 1. The highest BCUT2D eigenvalue weighted by molar-refractivity contribution is 9.10. The minimum atomic E-state index is -4.37. The first-order chi connectivity index (χ1) is 9.78. The number of anilines is 1. The maximum absolute atomic E-state index is 12.3. The molecule has 1 amide bonds. The van der Waals surface area contributed by atoms with Crippen LogP contribution in [0, 0.1) is 0 Å². The lowest BCUT2D eigenvalue weighted by molar-refractivity contribution is -0.142. The number of nitrogens with zero attached hydrogens (tertiary/aromatic N) is 3. The lowest BCUT2D eigenvalue weighted by Gasteiger charge is -2.04. The van der Waals surface area contributed by atoms with Crippen molar-refractivity contribution in [3.05, 3.63) is 22.8 Å². The molecule has 0 aliphatic heterocycles. The van der Waals surface area contributed by atoms with E-state index in [1.54, 1.807) is 0 Å². The molecule has 6 nitrogen and oxygen atoms in total. The van der Waals surface area contributed by atoms with Crippen LogP contribution < -0.4 is 5.32 Å². The minimum absolute atomic E-state index is 0.325. The van der Waals surface area contributed by atoms with Gasteiger partial charge < -0.3 is 10.5 Å². The Morgan fingerprint density at radius 3 is 2.86 bits per heavy atom. The third-order valence-corrected chi connectivity index (χ3v) is 3.00. The zero-order valence-corrected chi connectivity index (χ0v) is 11.8. The molecule has 10 heteroatoms. The Bertz CT molecular complexity index is 711. The molecule has 21 heavy (non-hydrogen) atoms. The number of rotatable bonds is 3. The highest BCUT2D eigenvalue weighted by atomic mass is 79.9. The van der Waals surface area contributed by atoms with Crippen molar-refractivity contribution in [1.82, 2.24) is 9.78 Å². The SMILES string of the molecule is O=C(/C=N/O)Nc1cc(Br)c2nn(CC(F)(F)F)cc2c1. The molecule has 0 saturated heterocycles. The summed E-state index contributed by atoms with van der Waals surface area (Å²) in [5.74, 6) is -0.675. The summed E-state index contributed by atoms with van der Waals surface area (Å²) in [4.78, 5) is 11.2. The van der Waals surface area contributed by atoms with E-state index in [9.17, 15) is 18.0 Å². The standard InChI is InChI=1S/C11H8BrF3N4O2/c12-8-2-7(17-9(20)3-16-21)1-6-4-19(18-10(6)8)5-11(13,14)15/h1-4,21H,5H2,(H,17,20)/b16-3+. The molecule has 2 aromatic rings. The molecule has 0 spiro atoms. The quantitative estimate of drug-likeness (QED) is 0.499. The van der Waals surface area contributed by atoms with E-state index >= 15 is 0 Å². The molecule has 0 unspecified atom stereocenters. The van der Waals surface area contributed by atoms with Gasteiger partial charge in [-0.25, -0.2) is 0 Å². The van der Waals surface area contributed by atoms with Crippen LogP contribution >= 0.6 is 15.9 Å². The van der Waals surface area contributed by atoms with Crippen LogP contribution in [-0.2, 0) is 11.3 Å². The van der Waals surface area contributed by atoms with Crippen molar-refractivity contribution in [3.63, 3.8) is 0 Å². The third-order valence-electron chi connectivity index (χ3n) is 2.39. The zero-order chi connectivity index (χ0) is 15.6. The maximum atomic E-state index is 12.3. The molecule has 2 N–H and O–H groups in total. The molecule has 0 radical (unpaired) electrons. The number of hydrogen-bond donors (Lipinski definition) is 2. The fourth-order valence-electron chi connectivity index (χ4n) is 1.71. The van der Waals surface area contributed by atoms with Gasteiger partial charge >= 0.3 is 6.18 Å². The van der Waals surface area contributed by atoms with Crippen LogP contribution in [0.25, 0.3) is 10.9 Å². The summed E-state index contributed by atoms with van der Waals surface area (Å²) in [6.07, 6.45) is -2.49. The number of aromatic nitrogens is 2. The van der Waals surface area contributed by atoms with Gasteiger partial charge in [-0.2, -0.15) is 18.3 Å². The fourth-order valence-corrected chi connectivity index (χ4v) is 2.26. The predicted molar refractivity (Wildman–Crippen MR) is 72.4 cm³/mol. The van der Waals surface area contributed by atoms with Crippen molar-refractivity contribution in [2.24, 2.45) is 5.16 Å². The zero-order valence-electron chi connectivity index (χ0n) is 10.2. The molecule has 0 fully saturated rings. The predicted octanol–water partition coefficient (Wildman–Crippen LogP) is 2.76. The summed E-state index contributed by atoms with van der Waals surface area (Å²) < 4.78 is 38.2. The molecule has 0 aliphatic rings. The van der Waals surface area contributed by atoms with E-state index in [-0.39, 0.29) is 0 Å². The van der Waals surface area contributed by atoms with Crippen LogP contribution in [0.15, 0.2) is 28.0 Å². The lowest BCUT2D eigenvalue weighted by atomic mass is 10.2. The maximum Gasteiger partial charge on any atom is 0.408 e. The van der Waals surface area contributed by atoms with Crippen molar-refractivity contribution in [2.45, 2.75) is 12.7 Å². The number of halogens is 4. The second-order valence-corrected chi connectivity index (χ2v) is 4.93. The summed E-state index contributed by atoms with van der Waals surface area (Å²) in [6.45, 7) is -1.20. The summed E-state index contributed by atoms with van der Waals surface area (Å²) >= 11 is 3.18. The molecule has 0 atom stereocenters. The van der Waals surface area contributed by atoms with E-state index in [4.69, 9.17) is 5.21 Å². The second kappa shape index (κ2) is 5.72. The van der Waals surface area contributed by atoms with Gasteiger partial charge in [0.25, 0.3) is 5.91 Å². The number of alkyl halides is 3. The molecule has 2 rings (SSSR count). The van der Waals surface area contributed by atoms with Gasteiger partial charge in [0, 0.05) is 21.7 Å².